The van der Waals surface area contributed by atoms with E-state index in [1.807, 2.05) is 35.2 Å². The number of alkyl halides is 1. The van der Waals surface area contributed by atoms with E-state index in [0.717, 1.165) is 23.7 Å². The Morgan fingerprint density at radius 3 is 2.71 bits per heavy atom. The second-order valence-corrected chi connectivity index (χ2v) is 5.45. The SMILES string of the molecule is CCC(CC)N(CCCl)C(=O)c1ccc2ncccc2c1. The van der Waals surface area contributed by atoms with Gasteiger partial charge in [0.25, 0.3) is 5.91 Å². The first-order valence-electron chi connectivity index (χ1n) is 7.43. The van der Waals surface area contributed by atoms with Gasteiger partial charge in [0, 0.05) is 35.6 Å². The third-order valence-corrected chi connectivity index (χ3v) is 3.99. The fraction of sp³-hybridized carbons (Fsp3) is 0.412. The number of pyridine rings is 1. The van der Waals surface area contributed by atoms with E-state index in [4.69, 9.17) is 11.6 Å². The molecular formula is C17H21ClN2O. The van der Waals surface area contributed by atoms with Crippen LogP contribution in [0, 0.1) is 0 Å². The van der Waals surface area contributed by atoms with Crippen molar-refractivity contribution in [2.24, 2.45) is 0 Å². The molecule has 112 valence electrons. The molecule has 1 amide bonds. The molecular weight excluding hydrogens is 284 g/mol. The van der Waals surface area contributed by atoms with Gasteiger partial charge in [-0.2, -0.15) is 0 Å². The summed E-state index contributed by atoms with van der Waals surface area (Å²) in [6.07, 6.45) is 3.64. The molecule has 0 fully saturated rings. The van der Waals surface area contributed by atoms with Crippen LogP contribution in [-0.4, -0.2) is 34.3 Å². The second kappa shape index (κ2) is 7.41. The highest BCUT2D eigenvalue weighted by molar-refractivity contribution is 6.18. The van der Waals surface area contributed by atoms with E-state index in [-0.39, 0.29) is 11.9 Å². The number of carbonyl (C=O) groups is 1. The lowest BCUT2D eigenvalue weighted by molar-refractivity contribution is 0.0682. The predicted molar refractivity (Wildman–Crippen MR) is 87.9 cm³/mol. The first-order valence-corrected chi connectivity index (χ1v) is 7.96. The number of nitrogens with zero attached hydrogens (tertiary/aromatic N) is 2. The van der Waals surface area contributed by atoms with Crippen molar-refractivity contribution >= 4 is 28.4 Å². The zero-order chi connectivity index (χ0) is 15.2. The summed E-state index contributed by atoms with van der Waals surface area (Å²) in [4.78, 5) is 19.0. The Bertz CT molecular complexity index is 611. The molecule has 4 heteroatoms. The van der Waals surface area contributed by atoms with Gasteiger partial charge in [-0.1, -0.05) is 19.9 Å². The van der Waals surface area contributed by atoms with Crippen LogP contribution >= 0.6 is 11.6 Å². The van der Waals surface area contributed by atoms with Crippen molar-refractivity contribution in [2.75, 3.05) is 12.4 Å². The van der Waals surface area contributed by atoms with Crippen molar-refractivity contribution in [3.8, 4) is 0 Å². The van der Waals surface area contributed by atoms with E-state index in [2.05, 4.69) is 18.8 Å². The molecule has 0 aliphatic carbocycles. The normalized spacial score (nSPS) is 11.0. The van der Waals surface area contributed by atoms with Crippen LogP contribution in [0.15, 0.2) is 36.5 Å². The summed E-state index contributed by atoms with van der Waals surface area (Å²) in [7, 11) is 0. The largest absolute Gasteiger partial charge is 0.334 e. The molecule has 0 atom stereocenters. The molecule has 2 rings (SSSR count). The van der Waals surface area contributed by atoms with E-state index in [1.54, 1.807) is 6.20 Å². The Hall–Kier alpha value is -1.61. The average Bonchev–Trinajstić information content (AvgIpc) is 2.54. The predicted octanol–water partition coefficient (Wildman–Crippen LogP) is 4.10. The molecule has 0 aliphatic rings. The number of amides is 1. The Labute approximate surface area is 130 Å². The first-order chi connectivity index (χ1) is 10.2. The minimum absolute atomic E-state index is 0.0510. The monoisotopic (exact) mass is 304 g/mol. The molecule has 21 heavy (non-hydrogen) atoms. The van der Waals surface area contributed by atoms with Crippen LogP contribution in [0.3, 0.4) is 0 Å². The molecule has 0 bridgehead atoms. The molecule has 0 aliphatic heterocycles. The summed E-state index contributed by atoms with van der Waals surface area (Å²) >= 11 is 5.88. The molecule has 3 nitrogen and oxygen atoms in total. The smallest absolute Gasteiger partial charge is 0.254 e. The van der Waals surface area contributed by atoms with E-state index in [9.17, 15) is 4.79 Å². The molecule has 2 aromatic rings. The Morgan fingerprint density at radius 2 is 2.05 bits per heavy atom. The third kappa shape index (κ3) is 3.53. The molecule has 1 aromatic heterocycles. The number of rotatable bonds is 6. The zero-order valence-electron chi connectivity index (χ0n) is 12.6. The summed E-state index contributed by atoms with van der Waals surface area (Å²) < 4.78 is 0. The van der Waals surface area contributed by atoms with Crippen molar-refractivity contribution < 1.29 is 4.79 Å². The van der Waals surface area contributed by atoms with Crippen molar-refractivity contribution in [1.29, 1.82) is 0 Å². The Morgan fingerprint density at radius 1 is 1.29 bits per heavy atom. The van der Waals surface area contributed by atoms with Gasteiger partial charge in [0.15, 0.2) is 0 Å². The summed E-state index contributed by atoms with van der Waals surface area (Å²) in [5, 5.41) is 0.985. The lowest BCUT2D eigenvalue weighted by Crippen LogP contribution is -2.41. The number of hydrogen-bond donors (Lipinski definition) is 0. The van der Waals surface area contributed by atoms with Gasteiger partial charge in [-0.15, -0.1) is 11.6 Å². The van der Waals surface area contributed by atoms with Crippen molar-refractivity contribution in [1.82, 2.24) is 9.88 Å². The van der Waals surface area contributed by atoms with Crippen LogP contribution < -0.4 is 0 Å². The van der Waals surface area contributed by atoms with Gasteiger partial charge in [-0.05, 0) is 37.1 Å². The molecule has 1 heterocycles. The molecule has 0 spiro atoms. The van der Waals surface area contributed by atoms with Crippen LogP contribution in [0.5, 0.6) is 0 Å². The second-order valence-electron chi connectivity index (χ2n) is 5.07. The quantitative estimate of drug-likeness (QED) is 0.753. The highest BCUT2D eigenvalue weighted by Gasteiger charge is 2.22. The fourth-order valence-corrected chi connectivity index (χ4v) is 2.83. The van der Waals surface area contributed by atoms with Gasteiger partial charge in [0.2, 0.25) is 0 Å². The maximum Gasteiger partial charge on any atom is 0.254 e. The van der Waals surface area contributed by atoms with Crippen molar-refractivity contribution in [3.63, 3.8) is 0 Å². The van der Waals surface area contributed by atoms with Crippen molar-refractivity contribution in [3.05, 3.63) is 42.1 Å². The van der Waals surface area contributed by atoms with Crippen LogP contribution in [0.1, 0.15) is 37.0 Å². The first kappa shape index (κ1) is 15.8. The number of carbonyl (C=O) groups excluding carboxylic acids is 1. The van der Waals surface area contributed by atoms with E-state index < -0.39 is 0 Å². The zero-order valence-corrected chi connectivity index (χ0v) is 13.3. The van der Waals surface area contributed by atoms with E-state index in [0.29, 0.717) is 18.0 Å². The van der Waals surface area contributed by atoms with Gasteiger partial charge in [0.1, 0.15) is 0 Å². The standard InChI is InChI=1S/C17H21ClN2O/c1-3-15(4-2)20(11-9-18)17(21)14-7-8-16-13(12-14)6-5-10-19-16/h5-8,10,12,15H,3-4,9,11H2,1-2H3. The summed E-state index contributed by atoms with van der Waals surface area (Å²) in [5.41, 5.74) is 1.60. The molecule has 0 saturated heterocycles. The lowest BCUT2D eigenvalue weighted by Gasteiger charge is -2.30. The highest BCUT2D eigenvalue weighted by atomic mass is 35.5. The third-order valence-electron chi connectivity index (χ3n) is 3.82. The van der Waals surface area contributed by atoms with Gasteiger partial charge < -0.3 is 4.90 Å². The molecule has 0 N–H and O–H groups in total. The van der Waals surface area contributed by atoms with E-state index in [1.165, 1.54) is 0 Å². The lowest BCUT2D eigenvalue weighted by atomic mass is 10.1. The number of benzene rings is 1. The Balaban J connectivity index is 2.33. The van der Waals surface area contributed by atoms with Gasteiger partial charge in [-0.25, -0.2) is 0 Å². The van der Waals surface area contributed by atoms with Crippen LogP contribution in [-0.2, 0) is 0 Å². The summed E-state index contributed by atoms with van der Waals surface area (Å²) in [5.74, 6) is 0.507. The number of hydrogen-bond acceptors (Lipinski definition) is 2. The topological polar surface area (TPSA) is 33.2 Å². The van der Waals surface area contributed by atoms with Gasteiger partial charge in [-0.3, -0.25) is 9.78 Å². The minimum atomic E-state index is 0.0510. The maximum atomic E-state index is 12.8. The van der Waals surface area contributed by atoms with Gasteiger partial charge >= 0.3 is 0 Å². The fourth-order valence-electron chi connectivity index (χ4n) is 2.64. The average molecular weight is 305 g/mol. The molecule has 1 aromatic carbocycles. The van der Waals surface area contributed by atoms with Crippen molar-refractivity contribution in [2.45, 2.75) is 32.7 Å². The summed E-state index contributed by atoms with van der Waals surface area (Å²) in [6, 6.07) is 9.75. The van der Waals surface area contributed by atoms with Gasteiger partial charge in [0.05, 0.1) is 5.52 Å². The molecule has 0 radical (unpaired) electrons. The number of aromatic nitrogens is 1. The molecule has 0 saturated carbocycles. The highest BCUT2D eigenvalue weighted by Crippen LogP contribution is 2.18. The maximum absolute atomic E-state index is 12.8. The number of fused-ring (bicyclic) bond motifs is 1. The van der Waals surface area contributed by atoms with Crippen LogP contribution in [0.25, 0.3) is 10.9 Å². The summed E-state index contributed by atoms with van der Waals surface area (Å²) in [6.45, 7) is 4.79. The Kier molecular flexibility index (Phi) is 5.57. The number of halogens is 1. The van der Waals surface area contributed by atoms with E-state index >= 15 is 0 Å². The minimum Gasteiger partial charge on any atom is -0.334 e. The van der Waals surface area contributed by atoms with Crippen LogP contribution in [0.4, 0.5) is 0 Å². The van der Waals surface area contributed by atoms with Crippen LogP contribution in [0.2, 0.25) is 0 Å². The molecule has 0 unspecified atom stereocenters.